The third-order valence-electron chi connectivity index (χ3n) is 7.34. The molecule has 2 aliphatic rings. The Balaban J connectivity index is 1.34. The number of likely N-dealkylation sites (N-methyl/N-ethyl adjacent to an activating group) is 1. The first-order valence-electron chi connectivity index (χ1n) is 13.9. The van der Waals surface area contributed by atoms with Gasteiger partial charge in [-0.2, -0.15) is 0 Å². The van der Waals surface area contributed by atoms with Gasteiger partial charge in [0.15, 0.2) is 23.0 Å². The topological polar surface area (TPSA) is 102 Å². The Labute approximate surface area is 236 Å². The Morgan fingerprint density at radius 2 is 1.48 bits per heavy atom. The first-order valence-corrected chi connectivity index (χ1v) is 13.9. The van der Waals surface area contributed by atoms with Crippen molar-refractivity contribution in [1.29, 1.82) is 0 Å². The first kappa shape index (κ1) is 29.5. The van der Waals surface area contributed by atoms with Crippen LogP contribution in [0, 0.1) is 5.92 Å². The summed E-state index contributed by atoms with van der Waals surface area (Å²) in [5.41, 5.74) is 2.25. The predicted molar refractivity (Wildman–Crippen MR) is 151 cm³/mol. The van der Waals surface area contributed by atoms with E-state index >= 15 is 0 Å². The van der Waals surface area contributed by atoms with Crippen molar-refractivity contribution >= 4 is 11.8 Å². The second-order valence-electron chi connectivity index (χ2n) is 11.0. The summed E-state index contributed by atoms with van der Waals surface area (Å²) < 4.78 is 23.3. The maximum atomic E-state index is 11.9. The molecule has 0 aromatic heterocycles. The van der Waals surface area contributed by atoms with Crippen LogP contribution < -0.4 is 29.6 Å². The second kappa shape index (κ2) is 13.2. The fraction of sp³-hybridized carbons (Fsp3) is 0.533. The second-order valence-corrected chi connectivity index (χ2v) is 11.0. The summed E-state index contributed by atoms with van der Waals surface area (Å²) in [6, 6.07) is 12.3. The first-order chi connectivity index (χ1) is 19.1. The van der Waals surface area contributed by atoms with E-state index in [1.807, 2.05) is 51.2 Å². The lowest BCUT2D eigenvalue weighted by Gasteiger charge is -2.30. The number of hydrogen-bond donors (Lipinski definition) is 2. The molecule has 2 aromatic rings. The van der Waals surface area contributed by atoms with Crippen molar-refractivity contribution < 1.29 is 28.5 Å². The Kier molecular flexibility index (Phi) is 9.76. The zero-order chi connectivity index (χ0) is 28.8. The van der Waals surface area contributed by atoms with Gasteiger partial charge in [-0.3, -0.25) is 19.4 Å². The summed E-state index contributed by atoms with van der Waals surface area (Å²) in [6.45, 7) is 11.1. The molecule has 2 heterocycles. The molecular formula is C30H42N4O6. The van der Waals surface area contributed by atoms with Gasteiger partial charge in [-0.05, 0) is 69.1 Å². The molecule has 40 heavy (non-hydrogen) atoms. The van der Waals surface area contributed by atoms with E-state index < -0.39 is 6.29 Å². The normalized spacial score (nSPS) is 16.9. The molecule has 0 bridgehead atoms. The van der Waals surface area contributed by atoms with Gasteiger partial charge in [-0.15, -0.1) is 0 Å². The number of nitrogens with one attached hydrogen (secondary N) is 2. The number of rotatable bonds is 13. The van der Waals surface area contributed by atoms with Gasteiger partial charge in [0.05, 0.1) is 19.9 Å². The number of carbonyl (C=O) groups is 2. The van der Waals surface area contributed by atoms with Crippen LogP contribution in [0.2, 0.25) is 0 Å². The standard InChI is InChI=1S/C30H42N4O6/c1-19(2)30(36)32-16-33(6)20(3)11-23-8-10-26-28(14-23)40-29(39-26)15-34(17-31-22(5)35)21(4)12-24-7-9-25-27(13-24)38-18-37-25/h7-10,13-14,19-21,29H,11-12,15-18H2,1-6H3,(H,31,35)(H,32,36). The van der Waals surface area contributed by atoms with Crippen LogP contribution in [-0.4, -0.2) is 73.7 Å². The van der Waals surface area contributed by atoms with Gasteiger partial charge in [-0.25, -0.2) is 0 Å². The third kappa shape index (κ3) is 7.79. The van der Waals surface area contributed by atoms with Crippen molar-refractivity contribution in [1.82, 2.24) is 20.4 Å². The number of fused-ring (bicyclic) bond motifs is 2. The zero-order valence-corrected chi connectivity index (χ0v) is 24.4. The maximum absolute atomic E-state index is 11.9. The van der Waals surface area contributed by atoms with E-state index in [-0.39, 0.29) is 36.6 Å². The summed E-state index contributed by atoms with van der Waals surface area (Å²) >= 11 is 0. The molecule has 218 valence electrons. The quantitative estimate of drug-likeness (QED) is 0.364. The van der Waals surface area contributed by atoms with Crippen LogP contribution in [0.15, 0.2) is 36.4 Å². The fourth-order valence-corrected chi connectivity index (χ4v) is 4.65. The van der Waals surface area contributed by atoms with Crippen LogP contribution in [0.5, 0.6) is 23.0 Å². The Morgan fingerprint density at radius 3 is 2.17 bits per heavy atom. The number of carbonyl (C=O) groups excluding carboxylic acids is 2. The van der Waals surface area contributed by atoms with Gasteiger partial charge >= 0.3 is 0 Å². The predicted octanol–water partition coefficient (Wildman–Crippen LogP) is 3.13. The summed E-state index contributed by atoms with van der Waals surface area (Å²) in [6.07, 6.45) is 1.06. The van der Waals surface area contributed by atoms with E-state index in [1.165, 1.54) is 6.92 Å². The monoisotopic (exact) mass is 554 g/mol. The third-order valence-corrected chi connectivity index (χ3v) is 7.34. The highest BCUT2D eigenvalue weighted by Crippen LogP contribution is 2.36. The number of nitrogens with zero attached hydrogens (tertiary/aromatic N) is 2. The van der Waals surface area contributed by atoms with Gasteiger partial charge < -0.3 is 29.6 Å². The molecule has 3 atom stereocenters. The number of benzene rings is 2. The fourth-order valence-electron chi connectivity index (χ4n) is 4.65. The smallest absolute Gasteiger partial charge is 0.254 e. The minimum atomic E-state index is -0.496. The van der Waals surface area contributed by atoms with E-state index in [0.29, 0.717) is 31.4 Å². The molecule has 0 saturated heterocycles. The zero-order valence-electron chi connectivity index (χ0n) is 24.4. The van der Waals surface area contributed by atoms with Crippen LogP contribution in [0.4, 0.5) is 0 Å². The molecular weight excluding hydrogens is 512 g/mol. The van der Waals surface area contributed by atoms with Crippen molar-refractivity contribution in [2.24, 2.45) is 5.92 Å². The highest BCUT2D eigenvalue weighted by atomic mass is 16.7. The molecule has 2 N–H and O–H groups in total. The van der Waals surface area contributed by atoms with Crippen LogP contribution >= 0.6 is 0 Å². The summed E-state index contributed by atoms with van der Waals surface area (Å²) in [5, 5.41) is 5.88. The molecule has 2 aromatic carbocycles. The molecule has 0 saturated carbocycles. The Bertz CT molecular complexity index is 1190. The van der Waals surface area contributed by atoms with Crippen molar-refractivity contribution in [3.63, 3.8) is 0 Å². The Morgan fingerprint density at radius 1 is 0.850 bits per heavy atom. The molecule has 0 fully saturated rings. The van der Waals surface area contributed by atoms with Crippen molar-refractivity contribution in [2.45, 2.75) is 65.8 Å². The maximum Gasteiger partial charge on any atom is 0.254 e. The summed E-state index contributed by atoms with van der Waals surface area (Å²) in [5.74, 6) is 2.86. The number of hydrogen-bond acceptors (Lipinski definition) is 8. The molecule has 0 aliphatic carbocycles. The lowest BCUT2D eigenvalue weighted by molar-refractivity contribution is -0.124. The average molecular weight is 555 g/mol. The highest BCUT2D eigenvalue weighted by molar-refractivity contribution is 5.77. The lowest BCUT2D eigenvalue weighted by Crippen LogP contribution is -2.48. The number of amides is 2. The summed E-state index contributed by atoms with van der Waals surface area (Å²) in [4.78, 5) is 27.9. The molecule has 0 radical (unpaired) electrons. The van der Waals surface area contributed by atoms with Gasteiger partial charge in [-0.1, -0.05) is 26.0 Å². The van der Waals surface area contributed by atoms with E-state index in [9.17, 15) is 9.59 Å². The van der Waals surface area contributed by atoms with Gasteiger partial charge in [0.25, 0.3) is 6.29 Å². The molecule has 2 amide bonds. The Hall–Kier alpha value is -3.50. The molecule has 10 heteroatoms. The molecule has 4 rings (SSSR count). The van der Waals surface area contributed by atoms with Gasteiger partial charge in [0.1, 0.15) is 0 Å². The SMILES string of the molecule is CC(=O)NCN(CC1Oc2ccc(CC(C)N(C)CNC(=O)C(C)C)cc2O1)C(C)Cc1ccc2c(c1)OCO2. The van der Waals surface area contributed by atoms with Crippen molar-refractivity contribution in [3.05, 3.63) is 47.5 Å². The average Bonchev–Trinajstić information content (AvgIpc) is 3.54. The van der Waals surface area contributed by atoms with E-state index in [2.05, 4.69) is 40.3 Å². The van der Waals surface area contributed by atoms with Crippen LogP contribution in [0.3, 0.4) is 0 Å². The summed E-state index contributed by atoms with van der Waals surface area (Å²) in [7, 11) is 2.00. The van der Waals surface area contributed by atoms with Crippen molar-refractivity contribution in [2.75, 3.05) is 33.7 Å². The van der Waals surface area contributed by atoms with Crippen LogP contribution in [0.25, 0.3) is 0 Å². The minimum Gasteiger partial charge on any atom is -0.454 e. The van der Waals surface area contributed by atoms with Crippen LogP contribution in [0.1, 0.15) is 45.7 Å². The van der Waals surface area contributed by atoms with E-state index in [1.54, 1.807) is 0 Å². The molecule has 0 spiro atoms. The van der Waals surface area contributed by atoms with E-state index in [4.69, 9.17) is 18.9 Å². The number of ether oxygens (including phenoxy) is 4. The largest absolute Gasteiger partial charge is 0.454 e. The lowest BCUT2D eigenvalue weighted by atomic mass is 10.1. The molecule has 10 nitrogen and oxygen atoms in total. The minimum absolute atomic E-state index is 0.0358. The molecule has 2 aliphatic heterocycles. The van der Waals surface area contributed by atoms with Gasteiger partial charge in [0, 0.05) is 24.9 Å². The van der Waals surface area contributed by atoms with Crippen molar-refractivity contribution in [3.8, 4) is 23.0 Å². The molecule has 3 unspecified atom stereocenters. The van der Waals surface area contributed by atoms with Gasteiger partial charge in [0.2, 0.25) is 18.6 Å². The highest BCUT2D eigenvalue weighted by Gasteiger charge is 2.29. The van der Waals surface area contributed by atoms with Crippen LogP contribution in [-0.2, 0) is 22.4 Å². The van der Waals surface area contributed by atoms with E-state index in [0.717, 1.165) is 35.5 Å².